The second-order valence-corrected chi connectivity index (χ2v) is 7.85. The highest BCUT2D eigenvalue weighted by Gasteiger charge is 2.28. The van der Waals surface area contributed by atoms with Gasteiger partial charge in [0.15, 0.2) is 5.82 Å². The van der Waals surface area contributed by atoms with Gasteiger partial charge in [-0.2, -0.15) is 0 Å². The first-order chi connectivity index (χ1) is 15.3. The molecule has 0 saturated carbocycles. The van der Waals surface area contributed by atoms with E-state index in [4.69, 9.17) is 5.11 Å². The van der Waals surface area contributed by atoms with E-state index in [0.717, 1.165) is 22.2 Å². The van der Waals surface area contributed by atoms with Crippen LogP contribution in [0.4, 0.5) is 5.69 Å². The fourth-order valence-corrected chi connectivity index (χ4v) is 3.94. The largest absolute Gasteiger partial charge is 0.507 e. The lowest BCUT2D eigenvalue weighted by Crippen LogP contribution is -2.51. The van der Waals surface area contributed by atoms with Crippen molar-refractivity contribution >= 4 is 28.5 Å². The molecule has 0 bridgehead atoms. The van der Waals surface area contributed by atoms with Gasteiger partial charge in [0.05, 0.1) is 17.5 Å². The minimum atomic E-state index is -1.53. The summed E-state index contributed by atoms with van der Waals surface area (Å²) in [5.74, 6) is -1.21. The smallest absolute Gasteiger partial charge is 0.306 e. The Hall–Kier alpha value is -3.72. The van der Waals surface area contributed by atoms with Gasteiger partial charge >= 0.3 is 5.97 Å². The first-order valence-electron chi connectivity index (χ1n) is 10.3. The van der Waals surface area contributed by atoms with Crippen molar-refractivity contribution in [3.63, 3.8) is 0 Å². The topological polar surface area (TPSA) is 127 Å². The van der Waals surface area contributed by atoms with Gasteiger partial charge in [0.1, 0.15) is 11.9 Å². The van der Waals surface area contributed by atoms with Crippen LogP contribution in [0.1, 0.15) is 12.0 Å². The number of amides is 1. The van der Waals surface area contributed by atoms with Crippen molar-refractivity contribution in [3.8, 4) is 17.1 Å². The van der Waals surface area contributed by atoms with Gasteiger partial charge in [-0.1, -0.05) is 12.1 Å². The van der Waals surface area contributed by atoms with Gasteiger partial charge in [0.25, 0.3) is 5.91 Å². The molecule has 4 rings (SSSR count). The van der Waals surface area contributed by atoms with E-state index in [0.29, 0.717) is 37.6 Å². The van der Waals surface area contributed by atoms with Crippen molar-refractivity contribution in [2.45, 2.75) is 19.4 Å². The number of aliphatic carboxylic acids is 1. The quantitative estimate of drug-likeness (QED) is 0.553. The number of anilines is 1. The number of aliphatic hydroxyl groups excluding tert-OH is 1. The lowest BCUT2D eigenvalue weighted by molar-refractivity contribution is -0.148. The molecule has 32 heavy (non-hydrogen) atoms. The van der Waals surface area contributed by atoms with Crippen LogP contribution in [0.5, 0.6) is 5.75 Å². The van der Waals surface area contributed by atoms with E-state index in [9.17, 15) is 19.8 Å². The highest BCUT2D eigenvalue weighted by molar-refractivity contribution is 5.93. The minimum absolute atomic E-state index is 0.116. The monoisotopic (exact) mass is 436 g/mol. The number of hydrogen-bond acceptors (Lipinski definition) is 7. The first-order valence-corrected chi connectivity index (χ1v) is 10.3. The number of fused-ring (bicyclic) bond motifs is 1. The molecule has 9 heteroatoms. The molecule has 9 nitrogen and oxygen atoms in total. The molecule has 1 fully saturated rings. The number of aryl methyl sites for hydroxylation is 1. The number of aliphatic hydroxyl groups is 1. The van der Waals surface area contributed by atoms with Gasteiger partial charge in [-0.25, -0.2) is 9.97 Å². The number of nitrogens with zero attached hydrogens (tertiary/aromatic N) is 4. The number of para-hydroxylation sites is 1. The summed E-state index contributed by atoms with van der Waals surface area (Å²) < 4.78 is 0. The van der Waals surface area contributed by atoms with Crippen LogP contribution in [0.2, 0.25) is 0 Å². The minimum Gasteiger partial charge on any atom is -0.507 e. The fraction of sp³-hybridized carbons (Fsp3) is 0.304. The van der Waals surface area contributed by atoms with Crippen molar-refractivity contribution in [2.75, 3.05) is 31.1 Å². The third kappa shape index (κ3) is 4.33. The van der Waals surface area contributed by atoms with Crippen LogP contribution in [-0.4, -0.2) is 74.3 Å². The molecule has 1 aromatic heterocycles. The molecule has 1 aliphatic heterocycles. The number of hydrogen-bond donors (Lipinski definition) is 3. The van der Waals surface area contributed by atoms with Crippen LogP contribution in [0.3, 0.4) is 0 Å². The van der Waals surface area contributed by atoms with E-state index >= 15 is 0 Å². The number of benzene rings is 2. The lowest BCUT2D eigenvalue weighted by atomic mass is 10.1. The summed E-state index contributed by atoms with van der Waals surface area (Å²) in [5, 5.41) is 29.6. The maximum atomic E-state index is 12.3. The van der Waals surface area contributed by atoms with E-state index in [-0.39, 0.29) is 5.75 Å². The maximum Gasteiger partial charge on any atom is 0.306 e. The second kappa shape index (κ2) is 8.80. The summed E-state index contributed by atoms with van der Waals surface area (Å²) in [6, 6.07) is 10.9. The summed E-state index contributed by atoms with van der Waals surface area (Å²) in [7, 11) is 0. The van der Waals surface area contributed by atoms with Crippen molar-refractivity contribution in [2.24, 2.45) is 0 Å². The van der Waals surface area contributed by atoms with Crippen LogP contribution < -0.4 is 4.90 Å². The van der Waals surface area contributed by atoms with Crippen molar-refractivity contribution in [3.05, 3.63) is 48.2 Å². The molecule has 0 aliphatic carbocycles. The zero-order valence-electron chi connectivity index (χ0n) is 17.6. The van der Waals surface area contributed by atoms with Crippen molar-refractivity contribution < 1.29 is 24.9 Å². The molecule has 1 saturated heterocycles. The molecule has 0 unspecified atom stereocenters. The van der Waals surface area contributed by atoms with Crippen LogP contribution in [0.25, 0.3) is 22.3 Å². The second-order valence-electron chi connectivity index (χ2n) is 7.85. The zero-order chi connectivity index (χ0) is 22.8. The predicted molar refractivity (Wildman–Crippen MR) is 118 cm³/mol. The number of aromatic hydroxyl groups is 1. The number of carbonyl (C=O) groups excluding carboxylic acids is 1. The van der Waals surface area contributed by atoms with E-state index < -0.39 is 24.4 Å². The van der Waals surface area contributed by atoms with E-state index in [1.807, 2.05) is 25.1 Å². The number of carboxylic acids is 1. The van der Waals surface area contributed by atoms with Gasteiger partial charge in [-0.3, -0.25) is 9.59 Å². The summed E-state index contributed by atoms with van der Waals surface area (Å²) in [6.45, 7) is 3.80. The standard InChI is InChI=1S/C23H24N4O5/c1-14-10-17-16(13-24-22(25-17)15-4-2-3-5-19(15)28)18(11-14)26-6-8-27(9-7-26)23(32)20(29)12-21(30)31/h2-5,10-11,13,20,28-29H,6-9,12H2,1H3,(H,30,31)/t20-/m1/s1. The number of rotatable bonds is 5. The number of phenolic OH excluding ortho intramolecular Hbond substituents is 1. The number of carboxylic acid groups (broad SMARTS) is 1. The highest BCUT2D eigenvalue weighted by Crippen LogP contribution is 2.31. The molecule has 0 spiro atoms. The third-order valence-corrected chi connectivity index (χ3v) is 5.55. The first kappa shape index (κ1) is 21.5. The molecule has 1 atom stereocenters. The molecule has 3 aromatic rings. The van der Waals surface area contributed by atoms with Gasteiger partial charge in [-0.15, -0.1) is 0 Å². The fourth-order valence-electron chi connectivity index (χ4n) is 3.94. The molecular formula is C23H24N4O5. The summed E-state index contributed by atoms with van der Waals surface area (Å²) in [4.78, 5) is 35.8. The van der Waals surface area contributed by atoms with Crippen LogP contribution in [0.15, 0.2) is 42.6 Å². The van der Waals surface area contributed by atoms with Crippen LogP contribution in [-0.2, 0) is 9.59 Å². The molecule has 2 heterocycles. The average Bonchev–Trinajstić information content (AvgIpc) is 2.77. The molecular weight excluding hydrogens is 412 g/mol. The van der Waals surface area contributed by atoms with Crippen molar-refractivity contribution in [1.82, 2.24) is 14.9 Å². The lowest BCUT2D eigenvalue weighted by Gasteiger charge is -2.37. The Morgan fingerprint density at radius 3 is 2.53 bits per heavy atom. The Balaban J connectivity index is 1.57. The van der Waals surface area contributed by atoms with Crippen LogP contribution >= 0.6 is 0 Å². The SMILES string of the molecule is Cc1cc(N2CCN(C(=O)[C@H](O)CC(=O)O)CC2)c2cnc(-c3ccccc3O)nc2c1. The Labute approximate surface area is 184 Å². The van der Waals surface area contributed by atoms with Gasteiger partial charge in [-0.05, 0) is 36.8 Å². The van der Waals surface area contributed by atoms with E-state index in [1.165, 1.54) is 4.90 Å². The molecule has 166 valence electrons. The number of aromatic nitrogens is 2. The van der Waals surface area contributed by atoms with Crippen molar-refractivity contribution in [1.29, 1.82) is 0 Å². The Kier molecular flexibility index (Phi) is 5.91. The number of piperazine rings is 1. The molecule has 1 amide bonds. The third-order valence-electron chi connectivity index (χ3n) is 5.55. The molecule has 0 radical (unpaired) electrons. The zero-order valence-corrected chi connectivity index (χ0v) is 17.6. The Morgan fingerprint density at radius 2 is 1.84 bits per heavy atom. The summed E-state index contributed by atoms with van der Waals surface area (Å²) in [5.41, 5.74) is 3.28. The van der Waals surface area contributed by atoms with E-state index in [1.54, 1.807) is 24.4 Å². The highest BCUT2D eigenvalue weighted by atomic mass is 16.4. The summed E-state index contributed by atoms with van der Waals surface area (Å²) in [6.07, 6.45) is -0.384. The van der Waals surface area contributed by atoms with E-state index in [2.05, 4.69) is 14.9 Å². The van der Waals surface area contributed by atoms with Gasteiger partial charge < -0.3 is 25.1 Å². The van der Waals surface area contributed by atoms with Gasteiger partial charge in [0, 0.05) is 43.4 Å². The number of phenols is 1. The molecule has 1 aliphatic rings. The van der Waals surface area contributed by atoms with Crippen LogP contribution in [0, 0.1) is 6.92 Å². The predicted octanol–water partition coefficient (Wildman–Crippen LogP) is 1.80. The Bertz CT molecular complexity index is 1170. The van der Waals surface area contributed by atoms with Gasteiger partial charge in [0.2, 0.25) is 0 Å². The normalized spacial score (nSPS) is 15.1. The number of carbonyl (C=O) groups is 2. The summed E-state index contributed by atoms with van der Waals surface area (Å²) >= 11 is 0. The maximum absolute atomic E-state index is 12.3. The average molecular weight is 436 g/mol. The molecule has 2 aromatic carbocycles. The Morgan fingerprint density at radius 1 is 1.12 bits per heavy atom. The molecule has 3 N–H and O–H groups in total.